The van der Waals surface area contributed by atoms with Gasteiger partial charge in [0.1, 0.15) is 0 Å². The molecule has 1 unspecified atom stereocenters. The van der Waals surface area contributed by atoms with Gasteiger partial charge in [-0.15, -0.1) is 0 Å². The molecular weight excluding hydrogens is 176 g/mol. The highest BCUT2D eigenvalue weighted by Gasteiger charge is 2.24. The third-order valence-electron chi connectivity index (χ3n) is 2.96. The summed E-state index contributed by atoms with van der Waals surface area (Å²) >= 11 is 0. The molecule has 0 amide bonds. The molecule has 2 heterocycles. The van der Waals surface area contributed by atoms with E-state index in [9.17, 15) is 0 Å². The number of piperazine rings is 1. The number of rotatable bonds is 1. The van der Waals surface area contributed by atoms with Gasteiger partial charge in [-0.3, -0.25) is 9.58 Å². The Balaban J connectivity index is 2.15. The first kappa shape index (κ1) is 9.68. The Hall–Kier alpha value is -0.870. The lowest BCUT2D eigenvalue weighted by Crippen LogP contribution is -2.44. The predicted molar refractivity (Wildman–Crippen MR) is 56.1 cm³/mol. The molecule has 1 saturated heterocycles. The quantitative estimate of drug-likeness (QED) is 0.644. The van der Waals surface area contributed by atoms with Crippen LogP contribution in [0.15, 0.2) is 12.4 Å². The molecule has 78 valence electrons. The normalized spacial score (nSPS) is 25.5. The molecule has 4 heteroatoms. The van der Waals surface area contributed by atoms with E-state index in [1.165, 1.54) is 5.56 Å². The first-order valence-electron chi connectivity index (χ1n) is 5.04. The summed E-state index contributed by atoms with van der Waals surface area (Å²) in [5.74, 6) is 0. The molecular formula is C10H18N4. The van der Waals surface area contributed by atoms with E-state index in [1.54, 1.807) is 0 Å². The van der Waals surface area contributed by atoms with Gasteiger partial charge in [-0.05, 0) is 14.1 Å². The Morgan fingerprint density at radius 2 is 2.07 bits per heavy atom. The molecule has 1 aromatic rings. The van der Waals surface area contributed by atoms with Crippen molar-refractivity contribution in [1.82, 2.24) is 19.6 Å². The minimum Gasteiger partial charge on any atom is -0.303 e. The number of aromatic nitrogens is 2. The minimum absolute atomic E-state index is 0.502. The molecule has 0 radical (unpaired) electrons. The standard InChI is InChI=1S/C10H18N4/c1-12-4-5-13(2)10(8-12)9-6-11-14(3)7-9/h6-7,10H,4-5,8H2,1-3H3. The van der Waals surface area contributed by atoms with Gasteiger partial charge in [0.05, 0.1) is 12.2 Å². The summed E-state index contributed by atoms with van der Waals surface area (Å²) in [6.45, 7) is 3.39. The van der Waals surface area contributed by atoms with Crippen molar-refractivity contribution in [2.45, 2.75) is 6.04 Å². The highest BCUT2D eigenvalue weighted by Crippen LogP contribution is 2.22. The molecule has 1 aliphatic heterocycles. The van der Waals surface area contributed by atoms with Crippen LogP contribution in [0.2, 0.25) is 0 Å². The number of nitrogens with zero attached hydrogens (tertiary/aromatic N) is 4. The van der Waals surface area contributed by atoms with Crippen molar-refractivity contribution < 1.29 is 0 Å². The van der Waals surface area contributed by atoms with Crippen LogP contribution >= 0.6 is 0 Å². The Morgan fingerprint density at radius 1 is 1.29 bits per heavy atom. The molecule has 1 atom stereocenters. The third-order valence-corrected chi connectivity index (χ3v) is 2.96. The fraction of sp³-hybridized carbons (Fsp3) is 0.700. The Labute approximate surface area is 85.1 Å². The van der Waals surface area contributed by atoms with Gasteiger partial charge in [-0.25, -0.2) is 0 Å². The van der Waals surface area contributed by atoms with E-state index in [0.717, 1.165) is 19.6 Å². The van der Waals surface area contributed by atoms with Crippen molar-refractivity contribution in [3.8, 4) is 0 Å². The average molecular weight is 194 g/mol. The van der Waals surface area contributed by atoms with Gasteiger partial charge in [0.15, 0.2) is 0 Å². The average Bonchev–Trinajstić information content (AvgIpc) is 2.56. The summed E-state index contributed by atoms with van der Waals surface area (Å²) in [4.78, 5) is 4.77. The maximum absolute atomic E-state index is 4.22. The summed E-state index contributed by atoms with van der Waals surface area (Å²) in [5.41, 5.74) is 1.32. The summed E-state index contributed by atoms with van der Waals surface area (Å²) in [6.07, 6.45) is 4.08. The smallest absolute Gasteiger partial charge is 0.0538 e. The van der Waals surface area contributed by atoms with Crippen molar-refractivity contribution in [2.75, 3.05) is 33.7 Å². The van der Waals surface area contributed by atoms with E-state index in [0.29, 0.717) is 6.04 Å². The Kier molecular flexibility index (Phi) is 2.56. The van der Waals surface area contributed by atoms with E-state index in [2.05, 4.69) is 35.2 Å². The Morgan fingerprint density at radius 3 is 2.71 bits per heavy atom. The highest BCUT2D eigenvalue weighted by atomic mass is 15.3. The minimum atomic E-state index is 0.502. The van der Waals surface area contributed by atoms with Crippen molar-refractivity contribution in [3.05, 3.63) is 18.0 Å². The highest BCUT2D eigenvalue weighted by molar-refractivity contribution is 5.12. The van der Waals surface area contributed by atoms with Crippen molar-refractivity contribution in [1.29, 1.82) is 0 Å². The van der Waals surface area contributed by atoms with Crippen LogP contribution in [0.25, 0.3) is 0 Å². The molecule has 0 bridgehead atoms. The molecule has 0 spiro atoms. The van der Waals surface area contributed by atoms with Crippen molar-refractivity contribution in [3.63, 3.8) is 0 Å². The van der Waals surface area contributed by atoms with Gasteiger partial charge < -0.3 is 4.90 Å². The summed E-state index contributed by atoms with van der Waals surface area (Å²) < 4.78 is 1.87. The van der Waals surface area contributed by atoms with Gasteiger partial charge in [0.2, 0.25) is 0 Å². The number of hydrogen-bond donors (Lipinski definition) is 0. The predicted octanol–water partition coefficient (Wildman–Crippen LogP) is 0.338. The van der Waals surface area contributed by atoms with E-state index in [-0.39, 0.29) is 0 Å². The van der Waals surface area contributed by atoms with Gasteiger partial charge in [-0.2, -0.15) is 5.10 Å². The molecule has 0 N–H and O–H groups in total. The van der Waals surface area contributed by atoms with Crippen LogP contribution in [0.4, 0.5) is 0 Å². The van der Waals surface area contributed by atoms with Crippen LogP contribution in [0.3, 0.4) is 0 Å². The van der Waals surface area contributed by atoms with Crippen LogP contribution in [-0.2, 0) is 7.05 Å². The van der Waals surface area contributed by atoms with E-state index >= 15 is 0 Å². The molecule has 1 aromatic heterocycles. The maximum Gasteiger partial charge on any atom is 0.0538 e. The first-order valence-corrected chi connectivity index (χ1v) is 5.04. The lowest BCUT2D eigenvalue weighted by atomic mass is 10.1. The van der Waals surface area contributed by atoms with E-state index in [1.807, 2.05) is 17.9 Å². The molecule has 1 fully saturated rings. The lowest BCUT2D eigenvalue weighted by molar-refractivity contribution is 0.115. The van der Waals surface area contributed by atoms with Gasteiger partial charge in [0.25, 0.3) is 0 Å². The summed E-state index contributed by atoms with van der Waals surface area (Å²) in [6, 6.07) is 0.502. The maximum atomic E-state index is 4.22. The second-order valence-electron chi connectivity index (χ2n) is 4.21. The molecule has 1 aliphatic rings. The van der Waals surface area contributed by atoms with E-state index in [4.69, 9.17) is 0 Å². The van der Waals surface area contributed by atoms with Crippen LogP contribution in [0, 0.1) is 0 Å². The molecule has 14 heavy (non-hydrogen) atoms. The largest absolute Gasteiger partial charge is 0.303 e. The number of hydrogen-bond acceptors (Lipinski definition) is 3. The number of aryl methyl sites for hydroxylation is 1. The topological polar surface area (TPSA) is 24.3 Å². The molecule has 0 saturated carbocycles. The van der Waals surface area contributed by atoms with Crippen LogP contribution < -0.4 is 0 Å². The monoisotopic (exact) mass is 194 g/mol. The lowest BCUT2D eigenvalue weighted by Gasteiger charge is -2.37. The zero-order chi connectivity index (χ0) is 10.1. The molecule has 4 nitrogen and oxygen atoms in total. The molecule has 0 aliphatic carbocycles. The zero-order valence-corrected chi connectivity index (χ0v) is 9.14. The Bertz CT molecular complexity index is 307. The SMILES string of the molecule is CN1CCN(C)C(c2cnn(C)c2)C1. The second-order valence-corrected chi connectivity index (χ2v) is 4.21. The van der Waals surface area contributed by atoms with Gasteiger partial charge >= 0.3 is 0 Å². The van der Waals surface area contributed by atoms with E-state index < -0.39 is 0 Å². The van der Waals surface area contributed by atoms with Crippen LogP contribution in [-0.4, -0.2) is 53.3 Å². The fourth-order valence-electron chi connectivity index (χ4n) is 1.98. The van der Waals surface area contributed by atoms with Gasteiger partial charge in [-0.1, -0.05) is 0 Å². The fourth-order valence-corrected chi connectivity index (χ4v) is 1.98. The van der Waals surface area contributed by atoms with Crippen LogP contribution in [0.5, 0.6) is 0 Å². The zero-order valence-electron chi connectivity index (χ0n) is 9.14. The summed E-state index contributed by atoms with van der Waals surface area (Å²) in [5, 5.41) is 4.22. The van der Waals surface area contributed by atoms with Gasteiger partial charge in [0, 0.05) is 38.4 Å². The first-order chi connectivity index (χ1) is 6.66. The molecule has 2 rings (SSSR count). The molecule has 0 aromatic carbocycles. The number of likely N-dealkylation sites (N-methyl/N-ethyl adjacent to an activating group) is 2. The van der Waals surface area contributed by atoms with Crippen molar-refractivity contribution >= 4 is 0 Å². The van der Waals surface area contributed by atoms with Crippen molar-refractivity contribution in [2.24, 2.45) is 7.05 Å². The third kappa shape index (κ3) is 1.81. The second kappa shape index (κ2) is 3.71. The van der Waals surface area contributed by atoms with Crippen LogP contribution in [0.1, 0.15) is 11.6 Å². The summed E-state index contributed by atoms with van der Waals surface area (Å²) in [7, 11) is 6.33.